The van der Waals surface area contributed by atoms with Gasteiger partial charge in [0.05, 0.1) is 4.47 Å². The molecule has 96 valence electrons. The molecule has 0 amide bonds. The highest BCUT2D eigenvalue weighted by Gasteiger charge is 2.01. The molecule has 0 radical (unpaired) electrons. The number of H-pyrrole nitrogens is 1. The first-order valence-electron chi connectivity index (χ1n) is 5.97. The van der Waals surface area contributed by atoms with Crippen molar-refractivity contribution in [3.63, 3.8) is 0 Å². The van der Waals surface area contributed by atoms with Crippen molar-refractivity contribution in [2.24, 2.45) is 0 Å². The molecule has 3 rings (SSSR count). The average Bonchev–Trinajstić information content (AvgIpc) is 2.87. The van der Waals surface area contributed by atoms with Gasteiger partial charge in [0.15, 0.2) is 0 Å². The lowest BCUT2D eigenvalue weighted by atomic mass is 10.2. The van der Waals surface area contributed by atoms with Gasteiger partial charge in [-0.05, 0) is 57.9 Å². The van der Waals surface area contributed by atoms with E-state index in [9.17, 15) is 4.39 Å². The normalized spacial score (nSPS) is 10.8. The molecule has 19 heavy (non-hydrogen) atoms. The number of benzene rings is 2. The monoisotopic (exact) mass is 318 g/mol. The van der Waals surface area contributed by atoms with Crippen molar-refractivity contribution < 1.29 is 4.39 Å². The maximum Gasteiger partial charge on any atom is 0.137 e. The molecule has 0 bridgehead atoms. The summed E-state index contributed by atoms with van der Waals surface area (Å²) in [6.45, 7) is 0.662. The van der Waals surface area contributed by atoms with E-state index in [0.717, 1.165) is 16.8 Å². The van der Waals surface area contributed by atoms with E-state index in [1.165, 1.54) is 11.5 Å². The molecule has 0 saturated heterocycles. The molecule has 1 aromatic heterocycles. The maximum atomic E-state index is 13.1. The number of aromatic nitrogens is 1. The fraction of sp³-hybridized carbons (Fsp3) is 0.0667. The lowest BCUT2D eigenvalue weighted by molar-refractivity contribution is 0.620. The van der Waals surface area contributed by atoms with Crippen molar-refractivity contribution in [1.82, 2.24) is 4.98 Å². The van der Waals surface area contributed by atoms with Gasteiger partial charge >= 0.3 is 0 Å². The van der Waals surface area contributed by atoms with Gasteiger partial charge < -0.3 is 10.3 Å². The summed E-state index contributed by atoms with van der Waals surface area (Å²) in [4.78, 5) is 3.16. The van der Waals surface area contributed by atoms with Crippen molar-refractivity contribution in [2.45, 2.75) is 6.54 Å². The Morgan fingerprint density at radius 3 is 2.84 bits per heavy atom. The molecule has 4 heteroatoms. The average molecular weight is 319 g/mol. The van der Waals surface area contributed by atoms with E-state index < -0.39 is 0 Å². The fourth-order valence-electron chi connectivity index (χ4n) is 2.02. The highest BCUT2D eigenvalue weighted by atomic mass is 79.9. The third-order valence-corrected chi connectivity index (χ3v) is 3.64. The van der Waals surface area contributed by atoms with Crippen LogP contribution in [0.1, 0.15) is 5.56 Å². The molecule has 0 aliphatic rings. The fourth-order valence-corrected chi connectivity index (χ4v) is 2.44. The molecule has 0 spiro atoms. The summed E-state index contributed by atoms with van der Waals surface area (Å²) in [5, 5.41) is 4.50. The summed E-state index contributed by atoms with van der Waals surface area (Å²) in [6.07, 6.45) is 1.92. The van der Waals surface area contributed by atoms with Gasteiger partial charge in [0.2, 0.25) is 0 Å². The number of aromatic amines is 1. The lowest BCUT2D eigenvalue weighted by Crippen LogP contribution is -1.99. The second-order valence-corrected chi connectivity index (χ2v) is 5.24. The zero-order valence-electron chi connectivity index (χ0n) is 10.1. The SMILES string of the molecule is Fc1ccc(CNc2ccc3[nH]ccc3c2)cc1Br. The van der Waals surface area contributed by atoms with Crippen LogP contribution in [0.5, 0.6) is 0 Å². The number of hydrogen-bond donors (Lipinski definition) is 2. The molecular weight excluding hydrogens is 307 g/mol. The zero-order valence-corrected chi connectivity index (χ0v) is 11.7. The molecule has 2 N–H and O–H groups in total. The summed E-state index contributed by atoms with van der Waals surface area (Å²) in [6, 6.07) is 13.2. The number of nitrogens with one attached hydrogen (secondary N) is 2. The van der Waals surface area contributed by atoms with Gasteiger partial charge in [-0.2, -0.15) is 0 Å². The molecule has 2 nitrogen and oxygen atoms in total. The van der Waals surface area contributed by atoms with Crippen molar-refractivity contribution in [2.75, 3.05) is 5.32 Å². The number of fused-ring (bicyclic) bond motifs is 1. The second-order valence-electron chi connectivity index (χ2n) is 4.38. The van der Waals surface area contributed by atoms with E-state index in [0.29, 0.717) is 11.0 Å². The Bertz CT molecular complexity index is 721. The van der Waals surface area contributed by atoms with Crippen LogP contribution in [0.15, 0.2) is 53.1 Å². The van der Waals surface area contributed by atoms with E-state index in [2.05, 4.69) is 32.3 Å². The third kappa shape index (κ3) is 2.63. The van der Waals surface area contributed by atoms with Gasteiger partial charge in [0.1, 0.15) is 5.82 Å². The van der Waals surface area contributed by atoms with Crippen LogP contribution in [0, 0.1) is 5.82 Å². The van der Waals surface area contributed by atoms with Crippen LogP contribution in [0.4, 0.5) is 10.1 Å². The van der Waals surface area contributed by atoms with Gasteiger partial charge in [-0.15, -0.1) is 0 Å². The van der Waals surface area contributed by atoms with Gasteiger partial charge in [-0.1, -0.05) is 6.07 Å². The molecule has 0 fully saturated rings. The van der Waals surface area contributed by atoms with Crippen molar-refractivity contribution in [1.29, 1.82) is 0 Å². The van der Waals surface area contributed by atoms with Gasteiger partial charge in [0, 0.05) is 29.3 Å². The first-order valence-corrected chi connectivity index (χ1v) is 6.76. The molecule has 0 aliphatic heterocycles. The number of hydrogen-bond acceptors (Lipinski definition) is 1. The predicted octanol–water partition coefficient (Wildman–Crippen LogP) is 4.68. The first-order chi connectivity index (χ1) is 9.22. The number of anilines is 1. The minimum atomic E-state index is -0.238. The van der Waals surface area contributed by atoms with E-state index >= 15 is 0 Å². The summed E-state index contributed by atoms with van der Waals surface area (Å²) in [5.74, 6) is -0.238. The Morgan fingerprint density at radius 1 is 1.11 bits per heavy atom. The molecule has 0 aliphatic carbocycles. The first kappa shape index (κ1) is 12.2. The van der Waals surface area contributed by atoms with Crippen molar-refractivity contribution >= 4 is 32.5 Å². The van der Waals surface area contributed by atoms with E-state index in [-0.39, 0.29) is 5.82 Å². The van der Waals surface area contributed by atoms with Crippen LogP contribution in [0.25, 0.3) is 10.9 Å². The second kappa shape index (κ2) is 5.05. The predicted molar refractivity (Wildman–Crippen MR) is 79.7 cm³/mol. The molecule has 0 unspecified atom stereocenters. The highest BCUT2D eigenvalue weighted by molar-refractivity contribution is 9.10. The summed E-state index contributed by atoms with van der Waals surface area (Å²) < 4.78 is 13.6. The molecule has 0 atom stereocenters. The Labute approximate surface area is 118 Å². The Hall–Kier alpha value is -1.81. The topological polar surface area (TPSA) is 27.8 Å². The lowest BCUT2D eigenvalue weighted by Gasteiger charge is -2.07. The number of rotatable bonds is 3. The molecular formula is C15H12BrFN2. The minimum Gasteiger partial charge on any atom is -0.381 e. The molecule has 1 heterocycles. The quantitative estimate of drug-likeness (QED) is 0.721. The largest absolute Gasteiger partial charge is 0.381 e. The smallest absolute Gasteiger partial charge is 0.137 e. The van der Waals surface area contributed by atoms with E-state index in [1.54, 1.807) is 12.1 Å². The zero-order chi connectivity index (χ0) is 13.2. The Balaban J connectivity index is 1.75. The van der Waals surface area contributed by atoms with Crippen molar-refractivity contribution in [3.8, 4) is 0 Å². The van der Waals surface area contributed by atoms with Crippen LogP contribution in [-0.4, -0.2) is 4.98 Å². The Morgan fingerprint density at radius 2 is 2.00 bits per heavy atom. The standard InChI is InChI=1S/C15H12BrFN2/c16-13-7-10(1-3-14(13)17)9-19-12-2-4-15-11(8-12)5-6-18-15/h1-8,18-19H,9H2. The number of halogens is 2. The molecule has 2 aromatic carbocycles. The van der Waals surface area contributed by atoms with Crippen LogP contribution < -0.4 is 5.32 Å². The van der Waals surface area contributed by atoms with Gasteiger partial charge in [0.25, 0.3) is 0 Å². The van der Waals surface area contributed by atoms with Crippen LogP contribution >= 0.6 is 15.9 Å². The van der Waals surface area contributed by atoms with Crippen LogP contribution in [0.2, 0.25) is 0 Å². The van der Waals surface area contributed by atoms with E-state index in [4.69, 9.17) is 0 Å². The Kier molecular flexibility index (Phi) is 3.25. The van der Waals surface area contributed by atoms with Crippen LogP contribution in [-0.2, 0) is 6.54 Å². The minimum absolute atomic E-state index is 0.238. The molecule has 3 aromatic rings. The van der Waals surface area contributed by atoms with Crippen LogP contribution in [0.3, 0.4) is 0 Å². The van der Waals surface area contributed by atoms with Gasteiger partial charge in [-0.3, -0.25) is 0 Å². The van der Waals surface area contributed by atoms with Gasteiger partial charge in [-0.25, -0.2) is 4.39 Å². The molecule has 0 saturated carbocycles. The summed E-state index contributed by atoms with van der Waals surface area (Å²) in [7, 11) is 0. The maximum absolute atomic E-state index is 13.1. The third-order valence-electron chi connectivity index (χ3n) is 3.03. The highest BCUT2D eigenvalue weighted by Crippen LogP contribution is 2.20. The summed E-state index contributed by atoms with van der Waals surface area (Å²) in [5.41, 5.74) is 3.20. The van der Waals surface area contributed by atoms with E-state index in [1.807, 2.05) is 24.4 Å². The summed E-state index contributed by atoms with van der Waals surface area (Å²) >= 11 is 3.19. The van der Waals surface area contributed by atoms with Crippen molar-refractivity contribution in [3.05, 3.63) is 64.5 Å².